The molecule has 0 aromatic heterocycles. The highest BCUT2D eigenvalue weighted by Gasteiger charge is 2.37. The van der Waals surface area contributed by atoms with Crippen molar-refractivity contribution in [3.8, 4) is 0 Å². The summed E-state index contributed by atoms with van der Waals surface area (Å²) in [7, 11) is 0. The van der Waals surface area contributed by atoms with Gasteiger partial charge in [0.2, 0.25) is 11.8 Å². The maximum absolute atomic E-state index is 12.8. The van der Waals surface area contributed by atoms with Gasteiger partial charge in [-0.05, 0) is 38.0 Å². The minimum Gasteiger partial charge on any atom is -0.463 e. The molecule has 1 aliphatic rings. The smallest absolute Gasteiger partial charge is 0.336 e. The molecule has 158 valence electrons. The number of hydrogen-bond acceptors (Lipinski definition) is 4. The van der Waals surface area contributed by atoms with Crippen LogP contribution in [0.5, 0.6) is 0 Å². The molecule has 1 atom stereocenters. The molecule has 1 aliphatic heterocycles. The number of esters is 1. The van der Waals surface area contributed by atoms with Crippen LogP contribution in [0.2, 0.25) is 5.02 Å². The fourth-order valence-electron chi connectivity index (χ4n) is 3.46. The number of nitrogens with one attached hydrogen (secondary N) is 1. The molecule has 0 fully saturated rings. The summed E-state index contributed by atoms with van der Waals surface area (Å²) in [4.78, 5) is 39.2. The highest BCUT2D eigenvalue weighted by Crippen LogP contribution is 2.37. The summed E-state index contributed by atoms with van der Waals surface area (Å²) in [6.45, 7) is 6.23. The van der Waals surface area contributed by atoms with Gasteiger partial charge in [0.25, 0.3) is 0 Å². The lowest BCUT2D eigenvalue weighted by molar-refractivity contribution is -0.141. The topological polar surface area (TPSA) is 75.7 Å². The predicted molar refractivity (Wildman–Crippen MR) is 112 cm³/mol. The summed E-state index contributed by atoms with van der Waals surface area (Å²) in [6.07, 6.45) is 3.10. The normalized spacial score (nSPS) is 16.8. The van der Waals surface area contributed by atoms with Crippen molar-refractivity contribution >= 4 is 29.4 Å². The molecule has 1 aromatic carbocycles. The van der Waals surface area contributed by atoms with Crippen LogP contribution in [-0.2, 0) is 19.1 Å². The van der Waals surface area contributed by atoms with Crippen molar-refractivity contribution < 1.29 is 19.1 Å². The van der Waals surface area contributed by atoms with Crippen molar-refractivity contribution in [2.24, 2.45) is 0 Å². The van der Waals surface area contributed by atoms with E-state index >= 15 is 0 Å². The lowest BCUT2D eigenvalue weighted by atomic mass is 9.83. The highest BCUT2D eigenvalue weighted by molar-refractivity contribution is 6.30. The Hall–Kier alpha value is -2.34. The minimum atomic E-state index is -0.467. The Labute approximate surface area is 177 Å². The van der Waals surface area contributed by atoms with Crippen molar-refractivity contribution in [3.63, 3.8) is 0 Å². The van der Waals surface area contributed by atoms with Crippen molar-refractivity contribution in [2.45, 2.75) is 52.4 Å². The van der Waals surface area contributed by atoms with Crippen LogP contribution in [0.4, 0.5) is 0 Å². The number of ether oxygens (including phenoxy) is 1. The van der Waals surface area contributed by atoms with E-state index in [4.69, 9.17) is 16.3 Å². The fraction of sp³-hybridized carbons (Fsp3) is 0.500. The standard InChI is InChI=1S/C22H29ClN2O4/c1-4-6-7-12-24-19(26)14-25-15(3)21(22(28)29-5-2)18(13-20(25)27)16-8-10-17(23)11-9-16/h8-11,18H,4-7,12-14H2,1-3H3,(H,24,26)/t18-/m1/s1. The van der Waals surface area contributed by atoms with Gasteiger partial charge in [-0.25, -0.2) is 4.79 Å². The fourth-order valence-corrected chi connectivity index (χ4v) is 3.58. The molecule has 1 aromatic rings. The van der Waals surface area contributed by atoms with E-state index in [-0.39, 0.29) is 31.4 Å². The van der Waals surface area contributed by atoms with Gasteiger partial charge in [-0.1, -0.05) is 43.5 Å². The quantitative estimate of drug-likeness (QED) is 0.487. The van der Waals surface area contributed by atoms with E-state index in [1.807, 2.05) is 12.1 Å². The van der Waals surface area contributed by atoms with Gasteiger partial charge in [-0.2, -0.15) is 0 Å². The SMILES string of the molecule is CCCCCNC(=O)CN1C(=O)C[C@H](c2ccc(Cl)cc2)C(C(=O)OCC)=C1C. The van der Waals surface area contributed by atoms with E-state index in [9.17, 15) is 14.4 Å². The zero-order valence-corrected chi connectivity index (χ0v) is 18.1. The van der Waals surface area contributed by atoms with Crippen molar-refractivity contribution in [1.82, 2.24) is 10.2 Å². The zero-order chi connectivity index (χ0) is 21.4. The second kappa shape index (κ2) is 11.0. The summed E-state index contributed by atoms with van der Waals surface area (Å²) in [6, 6.07) is 7.08. The molecule has 1 N–H and O–H groups in total. The third kappa shape index (κ3) is 6.07. The number of carbonyl (C=O) groups excluding carboxylic acids is 3. The van der Waals surface area contributed by atoms with Crippen LogP contribution in [0.3, 0.4) is 0 Å². The number of unbranched alkanes of at least 4 members (excludes halogenated alkanes) is 2. The second-order valence-corrected chi connectivity index (χ2v) is 7.50. The van der Waals surface area contributed by atoms with Gasteiger partial charge in [-0.3, -0.25) is 9.59 Å². The van der Waals surface area contributed by atoms with Gasteiger partial charge in [0.1, 0.15) is 6.54 Å². The van der Waals surface area contributed by atoms with Crippen LogP contribution in [0.25, 0.3) is 0 Å². The molecule has 0 radical (unpaired) electrons. The van der Waals surface area contributed by atoms with E-state index in [2.05, 4.69) is 12.2 Å². The monoisotopic (exact) mass is 420 g/mol. The zero-order valence-electron chi connectivity index (χ0n) is 17.3. The lowest BCUT2D eigenvalue weighted by Crippen LogP contribution is -2.44. The maximum atomic E-state index is 12.8. The van der Waals surface area contributed by atoms with E-state index < -0.39 is 11.9 Å². The molecule has 0 spiro atoms. The van der Waals surface area contributed by atoms with E-state index in [0.29, 0.717) is 22.8 Å². The lowest BCUT2D eigenvalue weighted by Gasteiger charge is -2.34. The Morgan fingerprint density at radius 2 is 1.90 bits per heavy atom. The average Bonchev–Trinajstić information content (AvgIpc) is 2.69. The van der Waals surface area contributed by atoms with Crippen molar-refractivity contribution in [2.75, 3.05) is 19.7 Å². The highest BCUT2D eigenvalue weighted by atomic mass is 35.5. The molecule has 29 heavy (non-hydrogen) atoms. The number of rotatable bonds is 9. The van der Waals surface area contributed by atoms with Gasteiger partial charge in [-0.15, -0.1) is 0 Å². The first-order valence-corrected chi connectivity index (χ1v) is 10.5. The number of benzene rings is 1. The van der Waals surface area contributed by atoms with Gasteiger partial charge >= 0.3 is 5.97 Å². The number of nitrogens with zero attached hydrogens (tertiary/aromatic N) is 1. The van der Waals surface area contributed by atoms with Crippen LogP contribution in [0.15, 0.2) is 35.5 Å². The summed E-state index contributed by atoms with van der Waals surface area (Å²) in [5.41, 5.74) is 1.68. The first-order valence-electron chi connectivity index (χ1n) is 10.1. The van der Waals surface area contributed by atoms with Gasteiger partial charge in [0.15, 0.2) is 0 Å². The third-order valence-electron chi connectivity index (χ3n) is 4.99. The van der Waals surface area contributed by atoms with E-state index in [1.165, 1.54) is 4.90 Å². The number of carbonyl (C=O) groups is 3. The van der Waals surface area contributed by atoms with Crippen molar-refractivity contribution in [3.05, 3.63) is 46.1 Å². The molecule has 0 saturated heterocycles. The van der Waals surface area contributed by atoms with Crippen LogP contribution in [-0.4, -0.2) is 42.4 Å². The van der Waals surface area contributed by atoms with Crippen molar-refractivity contribution in [1.29, 1.82) is 0 Å². The Kier molecular flexibility index (Phi) is 8.70. The molecule has 1 heterocycles. The van der Waals surface area contributed by atoms with Gasteiger partial charge in [0.05, 0.1) is 12.2 Å². The Bertz CT molecular complexity index is 774. The molecular formula is C22H29ClN2O4. The van der Waals surface area contributed by atoms with E-state index in [1.54, 1.807) is 26.0 Å². The summed E-state index contributed by atoms with van der Waals surface area (Å²) in [5, 5.41) is 3.42. The minimum absolute atomic E-state index is 0.0935. The average molecular weight is 421 g/mol. The predicted octanol–water partition coefficient (Wildman–Crippen LogP) is 3.80. The summed E-state index contributed by atoms with van der Waals surface area (Å²) < 4.78 is 5.25. The number of allylic oxidation sites excluding steroid dienone is 1. The summed E-state index contributed by atoms with van der Waals surface area (Å²) in [5.74, 6) is -1.32. The molecule has 6 nitrogen and oxygen atoms in total. The first-order chi connectivity index (χ1) is 13.9. The largest absolute Gasteiger partial charge is 0.463 e. The molecule has 0 bridgehead atoms. The Morgan fingerprint density at radius 1 is 1.21 bits per heavy atom. The number of halogens is 1. The van der Waals surface area contributed by atoms with E-state index in [0.717, 1.165) is 24.8 Å². The summed E-state index contributed by atoms with van der Waals surface area (Å²) >= 11 is 5.98. The first kappa shape index (κ1) is 22.9. The number of amides is 2. The number of hydrogen-bond donors (Lipinski definition) is 1. The van der Waals surface area contributed by atoms with Crippen LogP contribution in [0.1, 0.15) is 57.9 Å². The molecule has 2 rings (SSSR count). The molecule has 0 aliphatic carbocycles. The van der Waals surface area contributed by atoms with Crippen LogP contribution < -0.4 is 5.32 Å². The Balaban J connectivity index is 2.27. The molecular weight excluding hydrogens is 392 g/mol. The van der Waals surface area contributed by atoms with Gasteiger partial charge < -0.3 is 15.0 Å². The molecule has 7 heteroatoms. The third-order valence-corrected chi connectivity index (χ3v) is 5.25. The Morgan fingerprint density at radius 3 is 2.52 bits per heavy atom. The second-order valence-electron chi connectivity index (χ2n) is 7.06. The maximum Gasteiger partial charge on any atom is 0.336 e. The van der Waals surface area contributed by atoms with Crippen LogP contribution >= 0.6 is 11.6 Å². The van der Waals surface area contributed by atoms with Gasteiger partial charge in [0, 0.05) is 29.6 Å². The molecule has 2 amide bonds. The van der Waals surface area contributed by atoms with Crippen LogP contribution in [0, 0.1) is 0 Å². The molecule has 0 saturated carbocycles. The molecule has 0 unspecified atom stereocenters.